The zero-order valence-electron chi connectivity index (χ0n) is 16.0. The summed E-state index contributed by atoms with van der Waals surface area (Å²) in [5, 5.41) is 0. The topological polar surface area (TPSA) is 38.8 Å². The van der Waals surface area contributed by atoms with Gasteiger partial charge in [0.25, 0.3) is 0 Å². The predicted molar refractivity (Wildman–Crippen MR) is 95.0 cm³/mol. The normalized spacial score (nSPS) is 47.3. The molecule has 1 amide bonds. The SMILES string of the molecule is CC1=C[C@H]2O[C@@]13COC[C@@]31C=C3CC[C@H](C(C)C)[C@]32C(=O)N1C(C)C. The Labute approximate surface area is 150 Å². The number of carbonyl (C=O) groups excluding carboxylic acids is 1. The predicted octanol–water partition coefficient (Wildman–Crippen LogP) is 3.08. The Morgan fingerprint density at radius 3 is 2.68 bits per heavy atom. The first-order chi connectivity index (χ1) is 11.8. The van der Waals surface area contributed by atoms with Crippen LogP contribution >= 0.6 is 0 Å². The molecule has 5 atom stereocenters. The van der Waals surface area contributed by atoms with Crippen molar-refractivity contribution < 1.29 is 14.3 Å². The lowest BCUT2D eigenvalue weighted by molar-refractivity contribution is -0.153. The van der Waals surface area contributed by atoms with Crippen molar-refractivity contribution in [2.45, 2.75) is 70.7 Å². The van der Waals surface area contributed by atoms with Crippen molar-refractivity contribution in [2.24, 2.45) is 17.3 Å². The fourth-order valence-electron chi connectivity index (χ4n) is 6.81. The van der Waals surface area contributed by atoms with Crippen LogP contribution in [0.1, 0.15) is 47.5 Å². The van der Waals surface area contributed by atoms with Gasteiger partial charge in [-0.1, -0.05) is 31.6 Å². The second kappa shape index (κ2) is 4.58. The molecular formula is C21H29NO3. The van der Waals surface area contributed by atoms with Gasteiger partial charge in [-0.25, -0.2) is 0 Å². The third-order valence-corrected chi connectivity index (χ3v) is 7.72. The van der Waals surface area contributed by atoms with E-state index in [-0.39, 0.29) is 18.1 Å². The summed E-state index contributed by atoms with van der Waals surface area (Å²) >= 11 is 0. The molecule has 0 aromatic carbocycles. The molecule has 0 N–H and O–H groups in total. The molecule has 3 spiro atoms. The average molecular weight is 343 g/mol. The second-order valence-electron chi connectivity index (χ2n) is 9.33. The number of hydrogen-bond donors (Lipinski definition) is 0. The molecule has 0 aromatic heterocycles. The highest BCUT2D eigenvalue weighted by Gasteiger charge is 2.76. The highest BCUT2D eigenvalue weighted by Crippen LogP contribution is 2.67. The molecular weight excluding hydrogens is 314 g/mol. The van der Waals surface area contributed by atoms with Crippen molar-refractivity contribution >= 4 is 5.91 Å². The van der Waals surface area contributed by atoms with E-state index in [2.05, 4.69) is 51.7 Å². The Morgan fingerprint density at radius 2 is 2.00 bits per heavy atom. The van der Waals surface area contributed by atoms with E-state index in [1.165, 1.54) is 11.1 Å². The van der Waals surface area contributed by atoms with Crippen molar-refractivity contribution in [3.8, 4) is 0 Å². The zero-order chi connectivity index (χ0) is 17.8. The van der Waals surface area contributed by atoms with Gasteiger partial charge in [0.2, 0.25) is 5.91 Å². The summed E-state index contributed by atoms with van der Waals surface area (Å²) in [5.74, 6) is 1.09. The molecule has 5 heterocycles. The molecule has 0 aromatic rings. The summed E-state index contributed by atoms with van der Waals surface area (Å²) in [4.78, 5) is 16.3. The first kappa shape index (κ1) is 16.1. The number of ether oxygens (including phenoxy) is 2. The minimum atomic E-state index is -0.501. The van der Waals surface area contributed by atoms with Crippen LogP contribution in [0.5, 0.6) is 0 Å². The van der Waals surface area contributed by atoms with Gasteiger partial charge in [0.1, 0.15) is 16.6 Å². The first-order valence-corrected chi connectivity index (χ1v) is 9.82. The monoisotopic (exact) mass is 343 g/mol. The lowest BCUT2D eigenvalue weighted by Gasteiger charge is -2.54. The zero-order valence-corrected chi connectivity index (χ0v) is 16.0. The fourth-order valence-corrected chi connectivity index (χ4v) is 6.81. The molecule has 6 rings (SSSR count). The minimum absolute atomic E-state index is 0.130. The summed E-state index contributed by atoms with van der Waals surface area (Å²) in [6, 6.07) is 0.130. The number of nitrogens with zero attached hydrogens (tertiary/aromatic N) is 1. The van der Waals surface area contributed by atoms with E-state index in [1.54, 1.807) is 0 Å². The van der Waals surface area contributed by atoms with Crippen LogP contribution in [0.2, 0.25) is 0 Å². The van der Waals surface area contributed by atoms with Crippen molar-refractivity contribution in [3.05, 3.63) is 23.3 Å². The van der Waals surface area contributed by atoms with Crippen LogP contribution < -0.4 is 0 Å². The van der Waals surface area contributed by atoms with E-state index in [0.717, 1.165) is 12.8 Å². The van der Waals surface area contributed by atoms with Crippen molar-refractivity contribution in [1.82, 2.24) is 4.90 Å². The maximum atomic E-state index is 14.1. The van der Waals surface area contributed by atoms with Crippen LogP contribution in [0.3, 0.4) is 0 Å². The largest absolute Gasteiger partial charge is 0.375 e. The van der Waals surface area contributed by atoms with Crippen molar-refractivity contribution in [2.75, 3.05) is 13.2 Å². The van der Waals surface area contributed by atoms with Gasteiger partial charge >= 0.3 is 0 Å². The van der Waals surface area contributed by atoms with E-state index in [4.69, 9.17) is 9.47 Å². The van der Waals surface area contributed by atoms with Gasteiger partial charge in [0, 0.05) is 6.04 Å². The average Bonchev–Trinajstić information content (AvgIpc) is 3.14. The van der Waals surface area contributed by atoms with Gasteiger partial charge in [-0.3, -0.25) is 4.79 Å². The highest BCUT2D eigenvalue weighted by atomic mass is 16.6. The van der Waals surface area contributed by atoms with E-state index in [1.807, 2.05) is 0 Å². The third kappa shape index (κ3) is 1.45. The Hall–Kier alpha value is -1.13. The molecule has 2 saturated heterocycles. The maximum Gasteiger partial charge on any atom is 0.237 e. The summed E-state index contributed by atoms with van der Waals surface area (Å²) < 4.78 is 12.8. The molecule has 0 unspecified atom stereocenters. The molecule has 4 bridgehead atoms. The van der Waals surface area contributed by atoms with Gasteiger partial charge in [0.05, 0.1) is 19.3 Å². The summed E-state index contributed by atoms with van der Waals surface area (Å²) in [5.41, 5.74) is 1.10. The number of hydrogen-bond acceptors (Lipinski definition) is 3. The second-order valence-corrected chi connectivity index (χ2v) is 9.33. The van der Waals surface area contributed by atoms with Gasteiger partial charge < -0.3 is 14.4 Å². The van der Waals surface area contributed by atoms with Gasteiger partial charge in [-0.15, -0.1) is 0 Å². The molecule has 136 valence electrons. The molecule has 1 saturated carbocycles. The molecule has 1 aliphatic carbocycles. The van der Waals surface area contributed by atoms with E-state index in [0.29, 0.717) is 25.0 Å². The summed E-state index contributed by atoms with van der Waals surface area (Å²) in [7, 11) is 0. The lowest BCUT2D eigenvalue weighted by Crippen LogP contribution is -2.69. The highest BCUT2D eigenvalue weighted by molar-refractivity contribution is 5.93. The Balaban J connectivity index is 1.86. The quantitative estimate of drug-likeness (QED) is 0.723. The number of carbonyl (C=O) groups is 1. The van der Waals surface area contributed by atoms with Crippen LogP contribution in [-0.2, 0) is 14.3 Å². The van der Waals surface area contributed by atoms with Crippen LogP contribution in [0.4, 0.5) is 0 Å². The minimum Gasteiger partial charge on any atom is -0.375 e. The van der Waals surface area contributed by atoms with Crippen molar-refractivity contribution in [1.29, 1.82) is 0 Å². The van der Waals surface area contributed by atoms with Crippen LogP contribution in [0.15, 0.2) is 23.3 Å². The number of rotatable bonds is 2. The summed E-state index contributed by atoms with van der Waals surface area (Å²) in [6.45, 7) is 12.1. The van der Waals surface area contributed by atoms with Gasteiger partial charge in [-0.2, -0.15) is 0 Å². The van der Waals surface area contributed by atoms with Gasteiger partial charge in [0.15, 0.2) is 0 Å². The fraction of sp³-hybridized carbons (Fsp3) is 0.762. The molecule has 6 aliphatic rings. The standard InChI is InChI=1S/C21H29NO3/c1-12(2)16-7-6-15-9-19-10-24-11-20(19)14(5)8-17(25-20)21(15,16)18(23)22(19)13(3)4/h8-9,12-13,16-17H,6-7,10-11H2,1-5H3/t16-,17-,19+,20+,21-/m1/s1. The lowest BCUT2D eigenvalue weighted by atomic mass is 9.60. The van der Waals surface area contributed by atoms with E-state index < -0.39 is 16.6 Å². The number of amides is 1. The van der Waals surface area contributed by atoms with Gasteiger partial charge in [-0.05, 0) is 51.0 Å². The molecule has 3 fully saturated rings. The van der Waals surface area contributed by atoms with Crippen LogP contribution in [0.25, 0.3) is 0 Å². The number of fused-ring (bicyclic) bond motifs is 1. The molecule has 25 heavy (non-hydrogen) atoms. The smallest absolute Gasteiger partial charge is 0.237 e. The third-order valence-electron chi connectivity index (χ3n) is 7.72. The Bertz CT molecular complexity index is 723. The first-order valence-electron chi connectivity index (χ1n) is 9.82. The van der Waals surface area contributed by atoms with Crippen LogP contribution in [0, 0.1) is 17.3 Å². The Morgan fingerprint density at radius 1 is 1.24 bits per heavy atom. The molecule has 4 heteroatoms. The van der Waals surface area contributed by atoms with Crippen molar-refractivity contribution in [3.63, 3.8) is 0 Å². The maximum absolute atomic E-state index is 14.1. The summed E-state index contributed by atoms with van der Waals surface area (Å²) in [6.07, 6.45) is 6.63. The van der Waals surface area contributed by atoms with E-state index >= 15 is 0 Å². The molecule has 5 aliphatic heterocycles. The molecule has 4 nitrogen and oxygen atoms in total. The van der Waals surface area contributed by atoms with E-state index in [9.17, 15) is 4.79 Å². The Kier molecular flexibility index (Phi) is 2.94. The molecule has 0 radical (unpaired) electrons. The van der Waals surface area contributed by atoms with Crippen LogP contribution in [-0.4, -0.2) is 47.3 Å².